The number of benzene rings is 3. The molecule has 3 aromatic rings. The summed E-state index contributed by atoms with van der Waals surface area (Å²) < 4.78 is 0. The van der Waals surface area contributed by atoms with Gasteiger partial charge in [-0.15, -0.1) is 11.7 Å². The highest BCUT2D eigenvalue weighted by atomic mass is 35.5. The van der Waals surface area contributed by atoms with Crippen LogP contribution in [0.1, 0.15) is 0 Å². The summed E-state index contributed by atoms with van der Waals surface area (Å²) in [6.45, 7) is 0. The summed E-state index contributed by atoms with van der Waals surface area (Å²) in [6, 6.07) is 23.1. The first-order chi connectivity index (χ1) is 12.5. The second-order valence-electron chi connectivity index (χ2n) is 5.78. The maximum absolute atomic E-state index is 5.99. The second kappa shape index (κ2) is 9.38. The molecule has 0 aromatic heterocycles. The Bertz CT molecular complexity index is 864. The van der Waals surface area contributed by atoms with Gasteiger partial charge in [0.2, 0.25) is 0 Å². The first-order valence-electron chi connectivity index (χ1n) is 7.88. The summed E-state index contributed by atoms with van der Waals surface area (Å²) in [5, 5.41) is 0.760. The van der Waals surface area contributed by atoms with Gasteiger partial charge < -0.3 is 4.90 Å². The number of halogens is 1. The zero-order valence-electron chi connectivity index (χ0n) is 14.3. The Kier molecular flexibility index (Phi) is 7.18. The third-order valence-electron chi connectivity index (χ3n) is 3.60. The molecule has 0 fully saturated rings. The zero-order valence-corrected chi connectivity index (χ0v) is 18.4. The van der Waals surface area contributed by atoms with Crippen molar-refractivity contribution in [1.29, 1.82) is 0 Å². The quantitative estimate of drug-likeness (QED) is 0.312. The Balaban J connectivity index is 1.86. The molecule has 0 saturated carbocycles. The predicted octanol–water partition coefficient (Wildman–Crippen LogP) is 7.65. The third-order valence-corrected chi connectivity index (χ3v) is 6.92. The summed E-state index contributed by atoms with van der Waals surface area (Å²) in [5.74, 6) is 0. The summed E-state index contributed by atoms with van der Waals surface area (Å²) in [7, 11) is 5.60. The number of thiol groups is 1. The van der Waals surface area contributed by atoms with Gasteiger partial charge in [-0.2, -0.15) is 0 Å². The van der Waals surface area contributed by atoms with E-state index in [4.69, 9.17) is 11.6 Å². The van der Waals surface area contributed by atoms with Crippen molar-refractivity contribution < 1.29 is 0 Å². The van der Waals surface area contributed by atoms with Crippen molar-refractivity contribution in [3.8, 4) is 0 Å². The van der Waals surface area contributed by atoms with E-state index in [9.17, 15) is 0 Å². The lowest BCUT2D eigenvalue weighted by Gasteiger charge is -2.16. The van der Waals surface area contributed by atoms with Crippen molar-refractivity contribution in [2.75, 3.05) is 19.0 Å². The Morgan fingerprint density at radius 3 is 1.62 bits per heavy atom. The lowest BCUT2D eigenvalue weighted by molar-refractivity contribution is 1.11. The van der Waals surface area contributed by atoms with Crippen molar-refractivity contribution in [1.82, 2.24) is 0 Å². The van der Waals surface area contributed by atoms with Crippen molar-refractivity contribution in [2.45, 2.75) is 24.5 Å². The van der Waals surface area contributed by atoms with Crippen molar-refractivity contribution in [3.63, 3.8) is 0 Å². The summed E-state index contributed by atoms with van der Waals surface area (Å²) in [6.07, 6.45) is 0. The first-order valence-corrected chi connectivity index (χ1v) is 11.8. The van der Waals surface area contributed by atoms with Crippen LogP contribution in [-0.2, 0) is 0 Å². The van der Waals surface area contributed by atoms with Gasteiger partial charge in [-0.05, 0) is 66.7 Å². The van der Waals surface area contributed by atoms with Gasteiger partial charge in [0.05, 0.1) is 0 Å². The fourth-order valence-corrected chi connectivity index (χ4v) is 4.92. The highest BCUT2D eigenvalue weighted by Crippen LogP contribution is 2.37. The van der Waals surface area contributed by atoms with E-state index in [2.05, 4.69) is 85.3 Å². The molecule has 3 aromatic carbocycles. The second-order valence-corrected chi connectivity index (χ2v) is 9.71. The molecule has 26 heavy (non-hydrogen) atoms. The summed E-state index contributed by atoms with van der Waals surface area (Å²) in [5.41, 5.74) is 1.19. The van der Waals surface area contributed by atoms with Crippen LogP contribution in [-0.4, -0.2) is 14.1 Å². The van der Waals surface area contributed by atoms with E-state index >= 15 is 0 Å². The monoisotopic (exact) mass is 435 g/mol. The highest BCUT2D eigenvalue weighted by molar-refractivity contribution is 8.68. The van der Waals surface area contributed by atoms with E-state index in [0.29, 0.717) is 0 Å². The topological polar surface area (TPSA) is 3.24 Å². The van der Waals surface area contributed by atoms with E-state index in [1.54, 1.807) is 23.5 Å². The van der Waals surface area contributed by atoms with Crippen LogP contribution in [0.15, 0.2) is 91.2 Å². The van der Waals surface area contributed by atoms with E-state index in [1.807, 2.05) is 12.1 Å². The minimum absolute atomic E-state index is 0.760. The predicted molar refractivity (Wildman–Crippen MR) is 122 cm³/mol. The van der Waals surface area contributed by atoms with Gasteiger partial charge >= 0.3 is 0 Å². The minimum atomic E-state index is 0.760. The summed E-state index contributed by atoms with van der Waals surface area (Å²) in [4.78, 5) is 8.11. The molecular formula is C20H18ClNS4. The Morgan fingerprint density at radius 1 is 0.692 bits per heavy atom. The van der Waals surface area contributed by atoms with Crippen LogP contribution in [0.2, 0.25) is 5.02 Å². The Morgan fingerprint density at radius 2 is 1.15 bits per heavy atom. The number of hydrogen-bond acceptors (Lipinski definition) is 5. The van der Waals surface area contributed by atoms with Crippen molar-refractivity contribution in [2.24, 2.45) is 0 Å². The molecule has 0 aliphatic rings. The molecule has 1 nitrogen and oxygen atoms in total. The minimum Gasteiger partial charge on any atom is -0.378 e. The molecule has 134 valence electrons. The highest BCUT2D eigenvalue weighted by Gasteiger charge is 2.07. The molecule has 0 N–H and O–H groups in total. The molecule has 6 heteroatoms. The van der Waals surface area contributed by atoms with Gasteiger partial charge in [-0.3, -0.25) is 0 Å². The van der Waals surface area contributed by atoms with Crippen molar-refractivity contribution >= 4 is 63.3 Å². The van der Waals surface area contributed by atoms with E-state index < -0.39 is 0 Å². The van der Waals surface area contributed by atoms with Crippen LogP contribution < -0.4 is 4.90 Å². The standard InChI is InChI=1S/C20H18ClNS4/c1-22(2)15-11-19(24-16-5-3-14(21)4-6-16)13-20(12-15)25-17-7-9-18(26-23)10-8-17/h3-13,23H,1-2H3. The molecule has 0 aliphatic carbocycles. The van der Waals surface area contributed by atoms with Crippen LogP contribution in [0.25, 0.3) is 0 Å². The maximum Gasteiger partial charge on any atom is 0.0406 e. The van der Waals surface area contributed by atoms with Crippen LogP contribution in [0.5, 0.6) is 0 Å². The van der Waals surface area contributed by atoms with Gasteiger partial charge in [0.25, 0.3) is 0 Å². The number of anilines is 1. The molecule has 0 bridgehead atoms. The van der Waals surface area contributed by atoms with E-state index in [1.165, 1.54) is 36.1 Å². The van der Waals surface area contributed by atoms with E-state index in [-0.39, 0.29) is 0 Å². The molecule has 0 heterocycles. The Hall–Kier alpha value is -0.850. The molecule has 0 saturated heterocycles. The SMILES string of the molecule is CN(C)c1cc(Sc2ccc(Cl)cc2)cc(Sc2ccc(SS)cc2)c1. The number of nitrogens with zero attached hydrogens (tertiary/aromatic N) is 1. The van der Waals surface area contributed by atoms with Gasteiger partial charge in [0.15, 0.2) is 0 Å². The zero-order chi connectivity index (χ0) is 18.5. The molecular weight excluding hydrogens is 418 g/mol. The fraction of sp³-hybridized carbons (Fsp3) is 0.100. The van der Waals surface area contributed by atoms with Gasteiger partial charge in [-0.25, -0.2) is 0 Å². The number of rotatable bonds is 6. The average Bonchev–Trinajstić information content (AvgIpc) is 2.64. The van der Waals surface area contributed by atoms with Gasteiger partial charge in [0.1, 0.15) is 0 Å². The third kappa shape index (κ3) is 5.57. The average molecular weight is 436 g/mol. The first kappa shape index (κ1) is 19.9. The number of hydrogen-bond donors (Lipinski definition) is 1. The molecule has 0 atom stereocenters. The molecule has 0 aliphatic heterocycles. The molecule has 3 rings (SSSR count). The lowest BCUT2D eigenvalue weighted by Crippen LogP contribution is -2.08. The fourth-order valence-electron chi connectivity index (χ4n) is 2.28. The Labute approximate surface area is 177 Å². The summed E-state index contributed by atoms with van der Waals surface area (Å²) >= 11 is 13.7. The smallest absolute Gasteiger partial charge is 0.0406 e. The molecule has 0 radical (unpaired) electrons. The maximum atomic E-state index is 5.99. The van der Waals surface area contributed by atoms with Crippen LogP contribution in [0.3, 0.4) is 0 Å². The van der Waals surface area contributed by atoms with E-state index in [0.717, 1.165) is 9.92 Å². The van der Waals surface area contributed by atoms with Crippen LogP contribution in [0, 0.1) is 0 Å². The van der Waals surface area contributed by atoms with Gasteiger partial charge in [0, 0.05) is 49.3 Å². The normalized spacial score (nSPS) is 10.8. The van der Waals surface area contributed by atoms with Crippen LogP contribution >= 0.6 is 57.6 Å². The van der Waals surface area contributed by atoms with Gasteiger partial charge in [-0.1, -0.05) is 45.9 Å². The largest absolute Gasteiger partial charge is 0.378 e. The lowest BCUT2D eigenvalue weighted by atomic mass is 10.3. The van der Waals surface area contributed by atoms with Crippen molar-refractivity contribution in [3.05, 3.63) is 71.8 Å². The van der Waals surface area contributed by atoms with Crippen LogP contribution in [0.4, 0.5) is 5.69 Å². The molecule has 0 unspecified atom stereocenters. The molecule has 0 spiro atoms. The molecule has 0 amide bonds.